The van der Waals surface area contributed by atoms with Crippen molar-refractivity contribution in [3.8, 4) is 11.3 Å². The molecule has 0 aliphatic rings. The molecule has 0 saturated carbocycles. The van der Waals surface area contributed by atoms with E-state index in [-0.39, 0.29) is 5.91 Å². The van der Waals surface area contributed by atoms with E-state index in [0.29, 0.717) is 33.5 Å². The van der Waals surface area contributed by atoms with Crippen LogP contribution in [0, 0.1) is 14.1 Å². The Morgan fingerprint density at radius 3 is 2.42 bits per heavy atom. The maximum Gasteiger partial charge on any atom is 0.416 e. The van der Waals surface area contributed by atoms with Crippen LogP contribution in [0.1, 0.15) is 34.0 Å². The lowest BCUT2D eigenvalue weighted by Gasteiger charge is -2.13. The molecule has 0 atom stereocenters. The molecule has 0 fully saturated rings. The van der Waals surface area contributed by atoms with Crippen LogP contribution in [0.25, 0.3) is 22.2 Å². The normalized spacial score (nSPS) is 11.7. The Kier molecular flexibility index (Phi) is 6.72. The monoisotopic (exact) mass is 676 g/mol. The molecule has 0 saturated heterocycles. The van der Waals surface area contributed by atoms with Gasteiger partial charge in [-0.25, -0.2) is 0 Å². The number of nitrogens with one attached hydrogen (secondary N) is 1. The van der Waals surface area contributed by atoms with Gasteiger partial charge in [-0.3, -0.25) is 4.79 Å². The molecular weight excluding hydrogens is 659 g/mol. The van der Waals surface area contributed by atoms with Gasteiger partial charge in [0.15, 0.2) is 5.58 Å². The van der Waals surface area contributed by atoms with Crippen LogP contribution in [0.15, 0.2) is 53.1 Å². The van der Waals surface area contributed by atoms with Crippen LogP contribution in [0.5, 0.6) is 0 Å². The third-order valence-corrected chi connectivity index (χ3v) is 6.89. The lowest BCUT2D eigenvalue weighted by Crippen LogP contribution is -2.16. The summed E-state index contributed by atoms with van der Waals surface area (Å²) in [7, 11) is 0. The molecule has 0 unspecified atom stereocenters. The van der Waals surface area contributed by atoms with Gasteiger partial charge in [-0.2, -0.15) is 13.2 Å². The number of alkyl halides is 3. The van der Waals surface area contributed by atoms with Gasteiger partial charge in [-0.05, 0) is 100.0 Å². The summed E-state index contributed by atoms with van der Waals surface area (Å²) in [5.74, 6) is -0.215. The number of hydrogen-bond donors (Lipinski definition) is 1. The Hall–Kier alpha value is -2.15. The zero-order valence-electron chi connectivity index (χ0n) is 17.5. The van der Waals surface area contributed by atoms with Crippen LogP contribution in [-0.4, -0.2) is 11.1 Å². The summed E-state index contributed by atoms with van der Waals surface area (Å²) >= 11 is 4.43. The zero-order valence-corrected chi connectivity index (χ0v) is 21.8. The van der Waals surface area contributed by atoms with Crippen molar-refractivity contribution in [2.75, 3.05) is 5.32 Å². The molecule has 4 rings (SSSR count). The van der Waals surface area contributed by atoms with Crippen molar-refractivity contribution in [2.45, 2.75) is 26.4 Å². The van der Waals surface area contributed by atoms with E-state index in [0.717, 1.165) is 36.8 Å². The molecule has 0 aliphatic heterocycles. The smallest absolute Gasteiger partial charge is 0.356 e. The van der Waals surface area contributed by atoms with Crippen LogP contribution >= 0.6 is 45.2 Å². The Morgan fingerprint density at radius 2 is 1.79 bits per heavy atom. The van der Waals surface area contributed by atoms with Crippen molar-refractivity contribution in [1.29, 1.82) is 0 Å². The van der Waals surface area contributed by atoms with E-state index in [2.05, 4.69) is 55.7 Å². The minimum atomic E-state index is -4.40. The highest BCUT2D eigenvalue weighted by Crippen LogP contribution is 2.35. The number of carbonyl (C=O) groups is 1. The fraction of sp³-hybridized carbons (Fsp3) is 0.167. The topological polar surface area (TPSA) is 55.1 Å². The van der Waals surface area contributed by atoms with E-state index in [1.165, 1.54) is 12.1 Å². The number of fused-ring (bicyclic) bond motifs is 1. The van der Waals surface area contributed by atoms with Gasteiger partial charge in [-0.1, -0.05) is 24.2 Å². The number of anilines is 1. The maximum absolute atomic E-state index is 13.1. The Morgan fingerprint density at radius 1 is 1.09 bits per heavy atom. The van der Waals surface area contributed by atoms with Gasteiger partial charge in [0.1, 0.15) is 5.69 Å². The first-order valence-corrected chi connectivity index (χ1v) is 12.1. The first-order valence-electron chi connectivity index (χ1n) is 9.95. The largest absolute Gasteiger partial charge is 0.416 e. The van der Waals surface area contributed by atoms with E-state index in [1.807, 2.05) is 32.0 Å². The van der Waals surface area contributed by atoms with Gasteiger partial charge in [0.05, 0.1) is 10.9 Å². The molecule has 1 heterocycles. The Bertz CT molecular complexity index is 1360. The first kappa shape index (κ1) is 24.0. The number of amides is 1. The van der Waals surface area contributed by atoms with E-state index < -0.39 is 11.7 Å². The summed E-state index contributed by atoms with van der Waals surface area (Å²) in [5.41, 5.74) is 3.63. The molecule has 3 aromatic carbocycles. The van der Waals surface area contributed by atoms with Crippen molar-refractivity contribution in [3.05, 3.63) is 77.9 Å². The standard InChI is InChI=1S/C24H17F3I2N2O2/c1-3-16-17(9-15(28)10-19(16)29)23(32)30-20-11-21-18(8-12(20)2)22(31-33-21)13-4-6-14(7-5-13)24(25,26)27/h4-11H,3H2,1-2H3,(H,30,32). The number of aromatic nitrogens is 1. The third kappa shape index (κ3) is 4.88. The number of carbonyl (C=O) groups excluding carboxylic acids is 1. The van der Waals surface area contributed by atoms with Crippen molar-refractivity contribution >= 4 is 67.7 Å². The maximum atomic E-state index is 13.1. The quantitative estimate of drug-likeness (QED) is 0.224. The third-order valence-electron chi connectivity index (χ3n) is 5.31. The van der Waals surface area contributed by atoms with Crippen LogP contribution < -0.4 is 5.32 Å². The van der Waals surface area contributed by atoms with Crippen LogP contribution in [0.4, 0.5) is 18.9 Å². The predicted octanol–water partition coefficient (Wildman–Crippen LogP) is 7.85. The highest BCUT2D eigenvalue weighted by molar-refractivity contribution is 14.1. The summed E-state index contributed by atoms with van der Waals surface area (Å²) in [6, 6.07) is 12.2. The second-order valence-corrected chi connectivity index (χ2v) is 9.90. The number of halogens is 5. The minimum absolute atomic E-state index is 0.215. The molecule has 4 aromatic rings. The molecule has 9 heteroatoms. The van der Waals surface area contributed by atoms with E-state index >= 15 is 0 Å². The highest BCUT2D eigenvalue weighted by atomic mass is 127. The molecule has 33 heavy (non-hydrogen) atoms. The summed E-state index contributed by atoms with van der Waals surface area (Å²) in [4.78, 5) is 13.1. The lowest BCUT2D eigenvalue weighted by molar-refractivity contribution is -0.137. The van der Waals surface area contributed by atoms with Gasteiger partial charge in [0.2, 0.25) is 0 Å². The molecule has 4 nitrogen and oxygen atoms in total. The van der Waals surface area contributed by atoms with Crippen molar-refractivity contribution < 1.29 is 22.5 Å². The molecule has 1 amide bonds. The number of rotatable bonds is 4. The van der Waals surface area contributed by atoms with Crippen LogP contribution in [0.2, 0.25) is 0 Å². The number of aryl methyl sites for hydroxylation is 1. The van der Waals surface area contributed by atoms with E-state index in [9.17, 15) is 18.0 Å². The SMILES string of the molecule is CCc1c(I)cc(I)cc1C(=O)Nc1cc2onc(-c3ccc(C(F)(F)F)cc3)c2cc1C. The van der Waals surface area contributed by atoms with Crippen LogP contribution in [-0.2, 0) is 12.6 Å². The molecule has 170 valence electrons. The molecule has 0 bridgehead atoms. The number of benzene rings is 3. The van der Waals surface area contributed by atoms with E-state index in [4.69, 9.17) is 4.52 Å². The second-order valence-electron chi connectivity index (χ2n) is 7.49. The van der Waals surface area contributed by atoms with Gasteiger partial charge >= 0.3 is 6.18 Å². The first-order chi connectivity index (χ1) is 15.6. The van der Waals surface area contributed by atoms with Gasteiger partial charge in [-0.15, -0.1) is 0 Å². The van der Waals surface area contributed by atoms with Crippen molar-refractivity contribution in [2.24, 2.45) is 0 Å². The molecular formula is C24H17F3I2N2O2. The highest BCUT2D eigenvalue weighted by Gasteiger charge is 2.30. The fourth-order valence-corrected chi connectivity index (χ4v) is 5.83. The molecule has 0 spiro atoms. The van der Waals surface area contributed by atoms with Crippen molar-refractivity contribution in [1.82, 2.24) is 5.16 Å². The Balaban J connectivity index is 1.67. The summed E-state index contributed by atoms with van der Waals surface area (Å²) in [5, 5.41) is 7.67. The molecule has 1 N–H and O–H groups in total. The van der Waals surface area contributed by atoms with E-state index in [1.54, 1.807) is 6.07 Å². The van der Waals surface area contributed by atoms with Gasteiger partial charge < -0.3 is 9.84 Å². The molecule has 1 aromatic heterocycles. The van der Waals surface area contributed by atoms with Gasteiger partial charge in [0, 0.05) is 30.0 Å². The average molecular weight is 676 g/mol. The average Bonchev–Trinajstić information content (AvgIpc) is 3.15. The van der Waals surface area contributed by atoms with Gasteiger partial charge in [0.25, 0.3) is 5.91 Å². The number of hydrogen-bond acceptors (Lipinski definition) is 3. The lowest BCUT2D eigenvalue weighted by atomic mass is 10.0. The molecule has 0 radical (unpaired) electrons. The fourth-order valence-electron chi connectivity index (χ4n) is 3.61. The number of nitrogens with zero attached hydrogens (tertiary/aromatic N) is 1. The predicted molar refractivity (Wildman–Crippen MR) is 138 cm³/mol. The zero-order chi connectivity index (χ0) is 23.9. The second kappa shape index (κ2) is 9.24. The summed E-state index contributed by atoms with van der Waals surface area (Å²) in [6.45, 7) is 3.85. The minimum Gasteiger partial charge on any atom is -0.356 e. The van der Waals surface area contributed by atoms with Crippen LogP contribution in [0.3, 0.4) is 0 Å². The summed E-state index contributed by atoms with van der Waals surface area (Å²) in [6.07, 6.45) is -3.67. The Labute approximate surface area is 215 Å². The molecule has 0 aliphatic carbocycles. The summed E-state index contributed by atoms with van der Waals surface area (Å²) < 4.78 is 46.0. The van der Waals surface area contributed by atoms with Crippen molar-refractivity contribution in [3.63, 3.8) is 0 Å².